The third kappa shape index (κ3) is 5.81. The van der Waals surface area contributed by atoms with Crippen molar-refractivity contribution in [3.05, 3.63) is 22.7 Å². The Labute approximate surface area is 158 Å². The zero-order chi connectivity index (χ0) is 19.9. The first kappa shape index (κ1) is 21.6. The quantitative estimate of drug-likeness (QED) is 0.642. The van der Waals surface area contributed by atoms with E-state index in [-0.39, 0.29) is 29.7 Å². The first-order chi connectivity index (χ1) is 12.2. The van der Waals surface area contributed by atoms with Gasteiger partial charge in [0.25, 0.3) is 5.91 Å². The van der Waals surface area contributed by atoms with Crippen molar-refractivity contribution >= 4 is 23.5 Å². The molecule has 0 spiro atoms. The Kier molecular flexibility index (Phi) is 8.20. The lowest BCUT2D eigenvalue weighted by molar-refractivity contribution is -0.138. The zero-order valence-electron chi connectivity index (χ0n) is 15.5. The van der Waals surface area contributed by atoms with Crippen molar-refractivity contribution in [2.45, 2.75) is 39.4 Å². The number of nitrogens with zero attached hydrogens (tertiary/aromatic N) is 2. The third-order valence-electron chi connectivity index (χ3n) is 3.39. The van der Waals surface area contributed by atoms with Crippen LogP contribution in [0.3, 0.4) is 0 Å². The fourth-order valence-electron chi connectivity index (χ4n) is 2.11. The van der Waals surface area contributed by atoms with Gasteiger partial charge in [-0.15, -0.1) is 0 Å². The summed E-state index contributed by atoms with van der Waals surface area (Å²) in [4.78, 5) is 25.8. The van der Waals surface area contributed by atoms with Crippen molar-refractivity contribution < 1.29 is 23.8 Å². The van der Waals surface area contributed by atoms with E-state index in [0.29, 0.717) is 11.5 Å². The van der Waals surface area contributed by atoms with Gasteiger partial charge in [-0.2, -0.15) is 5.26 Å². The van der Waals surface area contributed by atoms with Crippen LogP contribution in [0.4, 0.5) is 0 Å². The van der Waals surface area contributed by atoms with Gasteiger partial charge in [0.2, 0.25) is 0 Å². The molecule has 0 bridgehead atoms. The van der Waals surface area contributed by atoms with Crippen LogP contribution >= 0.6 is 11.6 Å². The van der Waals surface area contributed by atoms with Gasteiger partial charge in [-0.25, -0.2) is 4.79 Å². The predicted octanol–water partition coefficient (Wildman–Crippen LogP) is 3.05. The van der Waals surface area contributed by atoms with E-state index >= 15 is 0 Å². The Hall–Kier alpha value is -2.46. The van der Waals surface area contributed by atoms with Crippen LogP contribution in [0.5, 0.6) is 11.5 Å². The predicted molar refractivity (Wildman–Crippen MR) is 96.5 cm³/mol. The molecule has 1 aromatic carbocycles. The van der Waals surface area contributed by atoms with Crippen LogP contribution in [0.1, 0.15) is 37.6 Å². The molecule has 0 heterocycles. The monoisotopic (exact) mass is 382 g/mol. The SMILES string of the molecule is COc1cc(C(=O)O[C@@H](C)C(=O)N(C)CCC#N)cc(Cl)c1OC(C)C. The Morgan fingerprint density at radius 2 is 1.96 bits per heavy atom. The summed E-state index contributed by atoms with van der Waals surface area (Å²) in [6.45, 7) is 5.42. The standard InChI is InChI=1S/C18H23ClN2O5/c1-11(2)25-16-14(19)9-13(10-15(16)24-5)18(23)26-12(3)17(22)21(4)8-6-7-20/h9-12H,6,8H2,1-5H3/t12-/m0/s1. The first-order valence-corrected chi connectivity index (χ1v) is 8.46. The Balaban J connectivity index is 2.92. The third-order valence-corrected chi connectivity index (χ3v) is 3.67. The van der Waals surface area contributed by atoms with Gasteiger partial charge in [0.05, 0.1) is 36.3 Å². The molecule has 26 heavy (non-hydrogen) atoms. The maximum absolute atomic E-state index is 12.3. The van der Waals surface area contributed by atoms with E-state index in [9.17, 15) is 9.59 Å². The molecule has 1 rings (SSSR count). The van der Waals surface area contributed by atoms with Gasteiger partial charge in [0.1, 0.15) is 0 Å². The number of esters is 1. The number of benzene rings is 1. The number of hydrogen-bond donors (Lipinski definition) is 0. The molecule has 0 N–H and O–H groups in total. The number of rotatable bonds is 8. The lowest BCUT2D eigenvalue weighted by Crippen LogP contribution is -2.37. The molecular formula is C18H23ClN2O5. The van der Waals surface area contributed by atoms with E-state index in [4.69, 9.17) is 31.1 Å². The maximum atomic E-state index is 12.3. The fraction of sp³-hybridized carbons (Fsp3) is 0.500. The summed E-state index contributed by atoms with van der Waals surface area (Å²) in [5.41, 5.74) is 0.141. The summed E-state index contributed by atoms with van der Waals surface area (Å²) in [6, 6.07) is 4.80. The molecule has 1 atom stereocenters. The van der Waals surface area contributed by atoms with E-state index < -0.39 is 18.0 Å². The van der Waals surface area contributed by atoms with Crippen molar-refractivity contribution in [2.24, 2.45) is 0 Å². The van der Waals surface area contributed by atoms with Crippen LogP contribution in [0.15, 0.2) is 12.1 Å². The number of likely N-dealkylation sites (N-methyl/N-ethyl adjacent to an activating group) is 1. The largest absolute Gasteiger partial charge is 0.493 e. The smallest absolute Gasteiger partial charge is 0.339 e. The molecule has 0 unspecified atom stereocenters. The second-order valence-corrected chi connectivity index (χ2v) is 6.28. The van der Waals surface area contributed by atoms with Crippen molar-refractivity contribution in [1.82, 2.24) is 4.90 Å². The maximum Gasteiger partial charge on any atom is 0.339 e. The van der Waals surface area contributed by atoms with Gasteiger partial charge in [0, 0.05) is 13.6 Å². The summed E-state index contributed by atoms with van der Waals surface area (Å²) in [7, 11) is 2.98. The Bertz CT molecular complexity index is 700. The molecule has 0 radical (unpaired) electrons. The number of nitriles is 1. The molecule has 0 aliphatic rings. The van der Waals surface area contributed by atoms with Crippen LogP contribution in [0, 0.1) is 11.3 Å². The summed E-state index contributed by atoms with van der Waals surface area (Å²) in [5, 5.41) is 8.78. The van der Waals surface area contributed by atoms with E-state index in [2.05, 4.69) is 0 Å². The van der Waals surface area contributed by atoms with Gasteiger partial charge in [-0.1, -0.05) is 11.6 Å². The fourth-order valence-corrected chi connectivity index (χ4v) is 2.36. The molecule has 1 amide bonds. The number of carbonyl (C=O) groups is 2. The summed E-state index contributed by atoms with van der Waals surface area (Å²) in [5.74, 6) is -0.480. The minimum Gasteiger partial charge on any atom is -0.493 e. The van der Waals surface area contributed by atoms with Crippen molar-refractivity contribution in [2.75, 3.05) is 20.7 Å². The Morgan fingerprint density at radius 3 is 2.50 bits per heavy atom. The first-order valence-electron chi connectivity index (χ1n) is 8.08. The van der Waals surface area contributed by atoms with Crippen molar-refractivity contribution in [1.29, 1.82) is 5.26 Å². The number of carbonyl (C=O) groups excluding carboxylic acids is 2. The summed E-state index contributed by atoms with van der Waals surface area (Å²) >= 11 is 6.19. The average molecular weight is 383 g/mol. The lowest BCUT2D eigenvalue weighted by Gasteiger charge is -2.21. The lowest BCUT2D eigenvalue weighted by atomic mass is 10.2. The summed E-state index contributed by atoms with van der Waals surface area (Å²) in [6.07, 6.45) is -0.920. The molecule has 8 heteroatoms. The highest BCUT2D eigenvalue weighted by Crippen LogP contribution is 2.37. The number of amides is 1. The normalized spacial score (nSPS) is 11.5. The van der Waals surface area contributed by atoms with E-state index in [0.717, 1.165) is 0 Å². The molecule has 0 saturated heterocycles. The topological polar surface area (TPSA) is 88.9 Å². The van der Waals surface area contributed by atoms with Gasteiger partial charge >= 0.3 is 5.97 Å². The minimum absolute atomic E-state index is 0.124. The second kappa shape index (κ2) is 9.88. The highest BCUT2D eigenvalue weighted by Gasteiger charge is 2.24. The van der Waals surface area contributed by atoms with Crippen LogP contribution in [0.25, 0.3) is 0 Å². The second-order valence-electron chi connectivity index (χ2n) is 5.87. The summed E-state index contributed by atoms with van der Waals surface area (Å²) < 4.78 is 16.0. The van der Waals surface area contributed by atoms with Gasteiger partial charge in [-0.05, 0) is 32.9 Å². The number of methoxy groups -OCH3 is 1. The average Bonchev–Trinajstić information content (AvgIpc) is 2.59. The van der Waals surface area contributed by atoms with Gasteiger partial charge < -0.3 is 19.1 Å². The van der Waals surface area contributed by atoms with Crippen molar-refractivity contribution in [3.63, 3.8) is 0 Å². The minimum atomic E-state index is -0.998. The molecule has 0 saturated carbocycles. The van der Waals surface area contributed by atoms with Crippen LogP contribution in [-0.4, -0.2) is 49.7 Å². The van der Waals surface area contributed by atoms with Crippen molar-refractivity contribution in [3.8, 4) is 17.6 Å². The van der Waals surface area contributed by atoms with E-state index in [1.165, 1.54) is 31.1 Å². The van der Waals surface area contributed by atoms with Gasteiger partial charge in [-0.3, -0.25) is 4.79 Å². The molecule has 7 nitrogen and oxygen atoms in total. The van der Waals surface area contributed by atoms with E-state index in [1.807, 2.05) is 19.9 Å². The molecule has 0 aliphatic carbocycles. The zero-order valence-corrected chi connectivity index (χ0v) is 16.3. The highest BCUT2D eigenvalue weighted by atomic mass is 35.5. The molecular weight excluding hydrogens is 360 g/mol. The Morgan fingerprint density at radius 1 is 1.31 bits per heavy atom. The number of halogens is 1. The molecule has 0 aliphatic heterocycles. The molecule has 1 aromatic rings. The molecule has 142 valence electrons. The van der Waals surface area contributed by atoms with Crippen LogP contribution in [-0.2, 0) is 9.53 Å². The highest BCUT2D eigenvalue weighted by molar-refractivity contribution is 6.32. The van der Waals surface area contributed by atoms with Crippen LogP contribution < -0.4 is 9.47 Å². The molecule has 0 fully saturated rings. The number of ether oxygens (including phenoxy) is 3. The molecule has 0 aromatic heterocycles. The van der Waals surface area contributed by atoms with Gasteiger partial charge in [0.15, 0.2) is 17.6 Å². The van der Waals surface area contributed by atoms with Crippen LogP contribution in [0.2, 0.25) is 5.02 Å². The van der Waals surface area contributed by atoms with E-state index in [1.54, 1.807) is 7.05 Å². The number of hydrogen-bond acceptors (Lipinski definition) is 6.